The van der Waals surface area contributed by atoms with Crippen LogP contribution in [0.1, 0.15) is 12.8 Å². The van der Waals surface area contributed by atoms with Crippen molar-refractivity contribution < 1.29 is 15.3 Å². The third kappa shape index (κ3) is 2.00. The SMILES string of the molecule is CSc1nc(N)c2ncn(CC3(O)C[C@H]4C[C@@]4(CO)C3O)c2n1. The average Bonchev–Trinajstić information content (AvgIpc) is 3.01. The molecule has 8 nitrogen and oxygen atoms in total. The zero-order chi connectivity index (χ0) is 16.4. The maximum absolute atomic E-state index is 10.9. The molecule has 0 radical (unpaired) electrons. The van der Waals surface area contributed by atoms with E-state index in [-0.39, 0.29) is 19.1 Å². The second-order valence-electron chi connectivity index (χ2n) is 6.64. The number of hydrogen-bond donors (Lipinski definition) is 4. The predicted molar refractivity (Wildman–Crippen MR) is 84.7 cm³/mol. The number of fused-ring (bicyclic) bond motifs is 2. The van der Waals surface area contributed by atoms with Crippen LogP contribution in [0.5, 0.6) is 0 Å². The molecule has 0 saturated heterocycles. The standard InChI is InChI=1S/C14H19N5O3S/c1-23-12-17-9(15)8-10(18-12)19(6-16-8)4-14(22)3-7-2-13(7,5-20)11(14)21/h6-7,11,20-22H,2-5H2,1H3,(H2,15,17,18)/t7-,11?,13+,14?/m1/s1. The fourth-order valence-electron chi connectivity index (χ4n) is 3.96. The van der Waals surface area contributed by atoms with Gasteiger partial charge in [-0.1, -0.05) is 11.8 Å². The van der Waals surface area contributed by atoms with E-state index in [1.54, 1.807) is 10.9 Å². The van der Waals surface area contributed by atoms with Gasteiger partial charge in [0, 0.05) is 5.41 Å². The first-order valence-electron chi connectivity index (χ1n) is 7.47. The van der Waals surface area contributed by atoms with E-state index in [1.165, 1.54) is 11.8 Å². The quantitative estimate of drug-likeness (QED) is 0.439. The van der Waals surface area contributed by atoms with Crippen molar-refractivity contribution in [3.63, 3.8) is 0 Å². The van der Waals surface area contributed by atoms with Gasteiger partial charge in [0.15, 0.2) is 16.6 Å². The number of nitrogen functional groups attached to an aromatic ring is 1. The summed E-state index contributed by atoms with van der Waals surface area (Å²) in [5, 5.41) is 31.5. The van der Waals surface area contributed by atoms with Crippen LogP contribution in [0.25, 0.3) is 11.2 Å². The predicted octanol–water partition coefficient (Wildman–Crippen LogP) is -0.375. The summed E-state index contributed by atoms with van der Waals surface area (Å²) < 4.78 is 1.70. The minimum atomic E-state index is -1.29. The summed E-state index contributed by atoms with van der Waals surface area (Å²) in [6.45, 7) is 0.0603. The van der Waals surface area contributed by atoms with Crippen molar-refractivity contribution in [2.75, 3.05) is 18.6 Å². The second kappa shape index (κ2) is 4.79. The Morgan fingerprint density at radius 2 is 2.22 bits per heavy atom. The van der Waals surface area contributed by atoms with Crippen LogP contribution >= 0.6 is 11.8 Å². The summed E-state index contributed by atoms with van der Waals surface area (Å²) in [6, 6.07) is 0. The van der Waals surface area contributed by atoms with Crippen LogP contribution in [0.2, 0.25) is 0 Å². The lowest BCUT2D eigenvalue weighted by Crippen LogP contribution is -2.47. The van der Waals surface area contributed by atoms with Crippen LogP contribution in [0.15, 0.2) is 11.5 Å². The Kier molecular flexibility index (Phi) is 3.15. The summed E-state index contributed by atoms with van der Waals surface area (Å²) in [7, 11) is 0. The smallest absolute Gasteiger partial charge is 0.191 e. The fraction of sp³-hybridized carbons (Fsp3) is 0.643. The number of aromatic nitrogens is 4. The van der Waals surface area contributed by atoms with Crippen molar-refractivity contribution in [3.8, 4) is 0 Å². The molecule has 9 heteroatoms. The molecule has 5 N–H and O–H groups in total. The summed E-state index contributed by atoms with van der Waals surface area (Å²) in [5.41, 5.74) is 5.10. The van der Waals surface area contributed by atoms with Gasteiger partial charge in [-0.25, -0.2) is 15.0 Å². The van der Waals surface area contributed by atoms with Crippen molar-refractivity contribution >= 4 is 28.7 Å². The largest absolute Gasteiger partial charge is 0.396 e. The van der Waals surface area contributed by atoms with Crippen LogP contribution < -0.4 is 5.73 Å². The minimum absolute atomic E-state index is 0.0996. The van der Waals surface area contributed by atoms with E-state index in [9.17, 15) is 15.3 Å². The Morgan fingerprint density at radius 3 is 2.87 bits per heavy atom. The van der Waals surface area contributed by atoms with Crippen LogP contribution in [-0.2, 0) is 6.54 Å². The molecule has 4 rings (SSSR count). The van der Waals surface area contributed by atoms with Gasteiger partial charge >= 0.3 is 0 Å². The molecule has 23 heavy (non-hydrogen) atoms. The molecular weight excluding hydrogens is 318 g/mol. The molecule has 0 amide bonds. The summed E-state index contributed by atoms with van der Waals surface area (Å²) in [4.78, 5) is 12.8. The number of nitrogens with two attached hydrogens (primary N) is 1. The Labute approximate surface area is 136 Å². The van der Waals surface area contributed by atoms with Gasteiger partial charge in [-0.05, 0) is 25.0 Å². The van der Waals surface area contributed by atoms with E-state index < -0.39 is 17.1 Å². The van der Waals surface area contributed by atoms with E-state index in [4.69, 9.17) is 5.73 Å². The van der Waals surface area contributed by atoms with Crippen LogP contribution in [0, 0.1) is 11.3 Å². The van der Waals surface area contributed by atoms with E-state index in [0.717, 1.165) is 6.42 Å². The monoisotopic (exact) mass is 337 g/mol. The molecular formula is C14H19N5O3S. The Hall–Kier alpha value is -1.42. The highest BCUT2D eigenvalue weighted by atomic mass is 32.2. The maximum atomic E-state index is 10.9. The first-order chi connectivity index (χ1) is 10.9. The summed E-state index contributed by atoms with van der Waals surface area (Å²) in [5.74, 6) is 0.468. The molecule has 2 aliphatic carbocycles. The number of aliphatic hydroxyl groups is 3. The number of anilines is 1. The molecule has 2 aliphatic rings. The summed E-state index contributed by atoms with van der Waals surface area (Å²) >= 11 is 1.37. The third-order valence-corrected chi connectivity index (χ3v) is 5.87. The third-order valence-electron chi connectivity index (χ3n) is 5.32. The maximum Gasteiger partial charge on any atom is 0.191 e. The van der Waals surface area contributed by atoms with Crippen LogP contribution in [0.4, 0.5) is 5.82 Å². The normalized spacial score (nSPS) is 35.7. The van der Waals surface area contributed by atoms with Crippen molar-refractivity contribution in [2.45, 2.75) is 36.2 Å². The fourth-order valence-corrected chi connectivity index (χ4v) is 4.33. The zero-order valence-corrected chi connectivity index (χ0v) is 13.5. The van der Waals surface area contributed by atoms with Crippen LogP contribution in [0.3, 0.4) is 0 Å². The Balaban J connectivity index is 1.70. The van der Waals surface area contributed by atoms with Gasteiger partial charge < -0.3 is 25.6 Å². The highest BCUT2D eigenvalue weighted by Gasteiger charge is 2.71. The Bertz CT molecular complexity index is 779. The van der Waals surface area contributed by atoms with E-state index >= 15 is 0 Å². The van der Waals surface area contributed by atoms with Crippen LogP contribution in [-0.4, -0.2) is 59.4 Å². The first kappa shape index (κ1) is 15.1. The van der Waals surface area contributed by atoms with E-state index in [0.29, 0.717) is 28.6 Å². The van der Waals surface area contributed by atoms with Gasteiger partial charge in [-0.2, -0.15) is 0 Å². The zero-order valence-electron chi connectivity index (χ0n) is 12.7. The number of imidazole rings is 1. The number of nitrogens with zero attached hydrogens (tertiary/aromatic N) is 4. The molecule has 2 aromatic rings. The van der Waals surface area contributed by atoms with E-state index in [1.807, 2.05) is 6.26 Å². The summed E-state index contributed by atoms with van der Waals surface area (Å²) in [6.07, 6.45) is 3.68. The molecule has 2 unspecified atom stereocenters. The van der Waals surface area contributed by atoms with Crippen molar-refractivity contribution in [2.24, 2.45) is 11.3 Å². The molecule has 2 aromatic heterocycles. The number of rotatable bonds is 4. The average molecular weight is 337 g/mol. The molecule has 2 fully saturated rings. The molecule has 0 spiro atoms. The van der Waals surface area contributed by atoms with Gasteiger partial charge in [0.25, 0.3) is 0 Å². The second-order valence-corrected chi connectivity index (χ2v) is 7.42. The van der Waals surface area contributed by atoms with Crippen molar-refractivity contribution in [1.82, 2.24) is 19.5 Å². The minimum Gasteiger partial charge on any atom is -0.396 e. The number of aliphatic hydroxyl groups excluding tert-OH is 2. The van der Waals surface area contributed by atoms with Gasteiger partial charge in [0.2, 0.25) is 0 Å². The molecule has 2 saturated carbocycles. The molecule has 2 heterocycles. The molecule has 0 bridgehead atoms. The van der Waals surface area contributed by atoms with E-state index in [2.05, 4.69) is 15.0 Å². The molecule has 0 aromatic carbocycles. The van der Waals surface area contributed by atoms with Gasteiger partial charge in [0.1, 0.15) is 11.1 Å². The number of thioether (sulfide) groups is 1. The highest BCUT2D eigenvalue weighted by molar-refractivity contribution is 7.98. The van der Waals surface area contributed by atoms with Gasteiger partial charge in [0.05, 0.1) is 25.6 Å². The molecule has 0 aliphatic heterocycles. The van der Waals surface area contributed by atoms with Gasteiger partial charge in [-0.3, -0.25) is 0 Å². The van der Waals surface area contributed by atoms with Gasteiger partial charge in [-0.15, -0.1) is 0 Å². The topological polar surface area (TPSA) is 130 Å². The highest BCUT2D eigenvalue weighted by Crippen LogP contribution is 2.66. The number of hydrogen-bond acceptors (Lipinski definition) is 8. The first-order valence-corrected chi connectivity index (χ1v) is 8.69. The lowest BCUT2D eigenvalue weighted by atomic mass is 9.89. The van der Waals surface area contributed by atoms with Crippen molar-refractivity contribution in [3.05, 3.63) is 6.33 Å². The molecule has 4 atom stereocenters. The lowest BCUT2D eigenvalue weighted by Gasteiger charge is -2.32. The van der Waals surface area contributed by atoms with Crippen molar-refractivity contribution in [1.29, 1.82) is 0 Å². The molecule has 124 valence electrons. The lowest BCUT2D eigenvalue weighted by molar-refractivity contribution is -0.102. The Morgan fingerprint density at radius 1 is 1.43 bits per heavy atom.